The molecule has 2 N–H and O–H groups in total. The van der Waals surface area contributed by atoms with E-state index in [9.17, 15) is 13.2 Å². The van der Waals surface area contributed by atoms with Gasteiger partial charge in [0, 0.05) is 18.8 Å². The highest BCUT2D eigenvalue weighted by Crippen LogP contribution is 2.19. The number of carboxylic acid groups (broad SMARTS) is 1. The van der Waals surface area contributed by atoms with Gasteiger partial charge in [0.05, 0.1) is 0 Å². The molecule has 0 radical (unpaired) electrons. The predicted molar refractivity (Wildman–Crippen MR) is 82.2 cm³/mol. The van der Waals surface area contributed by atoms with Crippen molar-refractivity contribution in [3.05, 3.63) is 53.9 Å². The fourth-order valence-corrected chi connectivity index (χ4v) is 3.45. The number of rotatable bonds is 6. The van der Waals surface area contributed by atoms with Crippen LogP contribution in [-0.4, -0.2) is 24.1 Å². The number of nitrogens with zero attached hydrogens (tertiary/aromatic N) is 1. The van der Waals surface area contributed by atoms with Gasteiger partial charge in [0.2, 0.25) is 10.0 Å². The topological polar surface area (TPSA) is 88.4 Å². The summed E-state index contributed by atoms with van der Waals surface area (Å²) in [7, 11) is -3.79. The number of nitrogens with one attached hydrogen (secondary N) is 1. The highest BCUT2D eigenvalue weighted by molar-refractivity contribution is 7.89. The fraction of sp³-hybridized carbons (Fsp3) is 0.267. The van der Waals surface area contributed by atoms with Gasteiger partial charge in [-0.25, -0.2) is 17.9 Å². The molecule has 0 bridgehead atoms. The molecule has 0 aliphatic rings. The Kier molecular flexibility index (Phi) is 4.68. The van der Waals surface area contributed by atoms with Crippen LogP contribution in [-0.2, 0) is 16.6 Å². The summed E-state index contributed by atoms with van der Waals surface area (Å²) in [5.41, 5.74) is 0.787. The molecular weight excluding hydrogens is 304 g/mol. The number of hydrogen-bond acceptors (Lipinski definition) is 3. The quantitative estimate of drug-likeness (QED) is 0.853. The molecule has 7 heteroatoms. The van der Waals surface area contributed by atoms with Gasteiger partial charge in [-0.3, -0.25) is 0 Å². The van der Waals surface area contributed by atoms with Gasteiger partial charge in [0.15, 0.2) is 0 Å². The van der Waals surface area contributed by atoms with Gasteiger partial charge in [-0.1, -0.05) is 30.3 Å². The summed E-state index contributed by atoms with van der Waals surface area (Å²) in [5, 5.41) is 9.10. The molecule has 1 aromatic carbocycles. The maximum atomic E-state index is 12.4. The third kappa shape index (κ3) is 3.37. The Labute approximate surface area is 129 Å². The number of aromatic nitrogens is 1. The van der Waals surface area contributed by atoms with Crippen LogP contribution in [0.15, 0.2) is 47.5 Å². The standard InChI is InChI=1S/C15H18N2O4S/c1-3-17-10-13(9-14(17)15(18)19)22(20,21)16-11(2)12-7-5-4-6-8-12/h4-11,16H,3H2,1-2H3,(H,18,19). The van der Waals surface area contributed by atoms with Crippen LogP contribution in [0.4, 0.5) is 0 Å². The molecule has 2 rings (SSSR count). The van der Waals surface area contributed by atoms with E-state index in [2.05, 4.69) is 4.72 Å². The molecule has 118 valence electrons. The second-order valence-corrected chi connectivity index (χ2v) is 6.62. The number of carboxylic acids is 1. The summed E-state index contributed by atoms with van der Waals surface area (Å²) < 4.78 is 28.8. The summed E-state index contributed by atoms with van der Waals surface area (Å²) >= 11 is 0. The molecule has 0 spiro atoms. The predicted octanol–water partition coefficient (Wildman–Crippen LogP) is 2.25. The first-order chi connectivity index (χ1) is 10.3. The van der Waals surface area contributed by atoms with Crippen molar-refractivity contribution in [2.45, 2.75) is 31.3 Å². The number of aryl methyl sites for hydroxylation is 1. The average molecular weight is 322 g/mol. The van der Waals surface area contributed by atoms with Gasteiger partial charge in [0.25, 0.3) is 0 Å². The zero-order valence-corrected chi connectivity index (χ0v) is 13.2. The van der Waals surface area contributed by atoms with Crippen LogP contribution in [0.5, 0.6) is 0 Å². The van der Waals surface area contributed by atoms with Crippen molar-refractivity contribution in [1.29, 1.82) is 0 Å². The molecule has 1 heterocycles. The van der Waals surface area contributed by atoms with Gasteiger partial charge in [0.1, 0.15) is 10.6 Å². The Balaban J connectivity index is 2.29. The Morgan fingerprint density at radius 2 is 1.95 bits per heavy atom. The van der Waals surface area contributed by atoms with Crippen LogP contribution in [0.1, 0.15) is 35.9 Å². The zero-order chi connectivity index (χ0) is 16.3. The Bertz CT molecular complexity index is 766. The van der Waals surface area contributed by atoms with E-state index < -0.39 is 22.0 Å². The van der Waals surface area contributed by atoms with Gasteiger partial charge < -0.3 is 9.67 Å². The molecule has 0 fully saturated rings. The number of carbonyl (C=O) groups is 1. The van der Waals surface area contributed by atoms with E-state index in [4.69, 9.17) is 5.11 Å². The van der Waals surface area contributed by atoms with Gasteiger partial charge in [-0.2, -0.15) is 0 Å². The van der Waals surface area contributed by atoms with Crippen molar-refractivity contribution >= 4 is 16.0 Å². The van der Waals surface area contributed by atoms with Gasteiger partial charge in [-0.15, -0.1) is 0 Å². The normalized spacial score (nSPS) is 13.0. The van der Waals surface area contributed by atoms with E-state index in [0.717, 1.165) is 5.56 Å². The minimum absolute atomic E-state index is 0.0461. The molecule has 0 saturated heterocycles. The van der Waals surface area contributed by atoms with E-state index in [1.165, 1.54) is 16.8 Å². The second-order valence-electron chi connectivity index (χ2n) is 4.91. The molecule has 0 aliphatic carbocycles. The van der Waals surface area contributed by atoms with Crippen molar-refractivity contribution < 1.29 is 18.3 Å². The Hall–Kier alpha value is -2.12. The minimum Gasteiger partial charge on any atom is -0.477 e. The lowest BCUT2D eigenvalue weighted by molar-refractivity contribution is 0.0685. The minimum atomic E-state index is -3.79. The fourth-order valence-electron chi connectivity index (χ4n) is 2.18. The third-order valence-electron chi connectivity index (χ3n) is 3.37. The van der Waals surface area contributed by atoms with Crippen LogP contribution in [0.25, 0.3) is 0 Å². The van der Waals surface area contributed by atoms with Crippen LogP contribution >= 0.6 is 0 Å². The van der Waals surface area contributed by atoms with Crippen LogP contribution < -0.4 is 4.72 Å². The smallest absolute Gasteiger partial charge is 0.352 e. The average Bonchev–Trinajstić information content (AvgIpc) is 2.93. The number of hydrogen-bond donors (Lipinski definition) is 2. The maximum Gasteiger partial charge on any atom is 0.352 e. The molecule has 0 saturated carbocycles. The van der Waals surface area contributed by atoms with Gasteiger partial charge >= 0.3 is 5.97 Å². The first-order valence-electron chi connectivity index (χ1n) is 6.86. The summed E-state index contributed by atoms with van der Waals surface area (Å²) in [6, 6.07) is 9.92. The molecule has 2 aromatic rings. The zero-order valence-electron chi connectivity index (χ0n) is 12.4. The van der Waals surface area contributed by atoms with E-state index in [0.29, 0.717) is 6.54 Å². The molecule has 1 unspecified atom stereocenters. The first kappa shape index (κ1) is 16.3. The van der Waals surface area contributed by atoms with Gasteiger partial charge in [-0.05, 0) is 25.5 Å². The molecule has 1 aromatic heterocycles. The molecule has 0 amide bonds. The molecule has 22 heavy (non-hydrogen) atoms. The summed E-state index contributed by atoms with van der Waals surface area (Å²) in [6.45, 7) is 3.87. The molecule has 0 aliphatic heterocycles. The van der Waals surface area contributed by atoms with Crippen LogP contribution in [0.3, 0.4) is 0 Å². The largest absolute Gasteiger partial charge is 0.477 e. The lowest BCUT2D eigenvalue weighted by Crippen LogP contribution is -2.26. The van der Waals surface area contributed by atoms with E-state index in [1.807, 2.05) is 30.3 Å². The second kappa shape index (κ2) is 6.33. The Morgan fingerprint density at radius 3 is 2.45 bits per heavy atom. The third-order valence-corrected chi connectivity index (χ3v) is 4.88. The van der Waals surface area contributed by atoms with Crippen molar-refractivity contribution in [1.82, 2.24) is 9.29 Å². The van der Waals surface area contributed by atoms with Crippen molar-refractivity contribution in [2.24, 2.45) is 0 Å². The van der Waals surface area contributed by atoms with Crippen molar-refractivity contribution in [2.75, 3.05) is 0 Å². The number of sulfonamides is 1. The van der Waals surface area contributed by atoms with E-state index >= 15 is 0 Å². The van der Waals surface area contributed by atoms with Crippen LogP contribution in [0.2, 0.25) is 0 Å². The molecule has 1 atom stereocenters. The highest BCUT2D eigenvalue weighted by Gasteiger charge is 2.23. The SMILES string of the molecule is CCn1cc(S(=O)(=O)NC(C)c2ccccc2)cc1C(=O)O. The maximum absolute atomic E-state index is 12.4. The number of aromatic carboxylic acids is 1. The Morgan fingerprint density at radius 1 is 1.32 bits per heavy atom. The molecule has 6 nitrogen and oxygen atoms in total. The lowest BCUT2D eigenvalue weighted by Gasteiger charge is -2.13. The van der Waals surface area contributed by atoms with E-state index in [1.54, 1.807) is 13.8 Å². The summed E-state index contributed by atoms with van der Waals surface area (Å²) in [6.07, 6.45) is 1.34. The van der Waals surface area contributed by atoms with E-state index in [-0.39, 0.29) is 10.6 Å². The molecular formula is C15H18N2O4S. The van der Waals surface area contributed by atoms with Crippen molar-refractivity contribution in [3.8, 4) is 0 Å². The summed E-state index contributed by atoms with van der Waals surface area (Å²) in [5.74, 6) is -1.15. The first-order valence-corrected chi connectivity index (χ1v) is 8.34. The lowest BCUT2D eigenvalue weighted by atomic mass is 10.1. The van der Waals surface area contributed by atoms with Crippen molar-refractivity contribution in [3.63, 3.8) is 0 Å². The number of benzene rings is 1. The van der Waals surface area contributed by atoms with Crippen LogP contribution in [0, 0.1) is 0 Å². The summed E-state index contributed by atoms with van der Waals surface area (Å²) in [4.78, 5) is 11.1. The highest BCUT2D eigenvalue weighted by atomic mass is 32.2. The monoisotopic (exact) mass is 322 g/mol.